The number of nitrogens with one attached hydrogen (secondary N) is 1. The van der Waals surface area contributed by atoms with Crippen LogP contribution in [0.25, 0.3) is 0 Å². The van der Waals surface area contributed by atoms with E-state index in [1.165, 1.54) is 19.3 Å². The van der Waals surface area contributed by atoms with Crippen LogP contribution in [0.1, 0.15) is 56.4 Å². The first-order valence-corrected chi connectivity index (χ1v) is 8.65. The summed E-state index contributed by atoms with van der Waals surface area (Å²) >= 11 is 0. The van der Waals surface area contributed by atoms with Crippen molar-refractivity contribution in [3.63, 3.8) is 0 Å². The Balaban J connectivity index is 1.57. The highest BCUT2D eigenvalue weighted by Gasteiger charge is 2.35. The van der Waals surface area contributed by atoms with Gasteiger partial charge in [-0.1, -0.05) is 24.4 Å². The van der Waals surface area contributed by atoms with Crippen molar-refractivity contribution in [3.8, 4) is 0 Å². The molecule has 1 saturated heterocycles. The van der Waals surface area contributed by atoms with Crippen molar-refractivity contribution in [2.24, 2.45) is 0 Å². The van der Waals surface area contributed by atoms with Gasteiger partial charge in [0.25, 0.3) is 0 Å². The molecule has 1 unspecified atom stereocenters. The molecule has 126 valence electrons. The highest BCUT2D eigenvalue weighted by molar-refractivity contribution is 5.89. The zero-order valence-electron chi connectivity index (χ0n) is 13.7. The smallest absolute Gasteiger partial charge is 0.243 e. The van der Waals surface area contributed by atoms with Crippen molar-refractivity contribution < 1.29 is 14.1 Å². The SMILES string of the molecule is Cc1cc(CC(=O)N2CCCC2C(=O)NC2CCCCC2)no1. The van der Waals surface area contributed by atoms with Gasteiger partial charge in [-0.05, 0) is 32.6 Å². The maximum Gasteiger partial charge on any atom is 0.243 e. The third-order valence-electron chi connectivity index (χ3n) is 4.84. The monoisotopic (exact) mass is 319 g/mol. The highest BCUT2D eigenvalue weighted by Crippen LogP contribution is 2.21. The number of nitrogens with zero attached hydrogens (tertiary/aromatic N) is 2. The van der Waals surface area contributed by atoms with Gasteiger partial charge >= 0.3 is 0 Å². The first-order valence-electron chi connectivity index (χ1n) is 8.65. The van der Waals surface area contributed by atoms with Gasteiger partial charge in [-0.3, -0.25) is 9.59 Å². The number of aromatic nitrogens is 1. The summed E-state index contributed by atoms with van der Waals surface area (Å²) in [5.74, 6) is 0.666. The molecule has 6 nitrogen and oxygen atoms in total. The molecule has 2 fully saturated rings. The van der Waals surface area contributed by atoms with E-state index in [0.29, 0.717) is 18.0 Å². The minimum atomic E-state index is -0.322. The van der Waals surface area contributed by atoms with Crippen LogP contribution in [-0.2, 0) is 16.0 Å². The normalized spacial score (nSPS) is 22.3. The van der Waals surface area contributed by atoms with Crippen LogP contribution in [-0.4, -0.2) is 40.5 Å². The summed E-state index contributed by atoms with van der Waals surface area (Å²) < 4.78 is 5.00. The van der Waals surface area contributed by atoms with E-state index in [0.717, 1.165) is 25.7 Å². The van der Waals surface area contributed by atoms with Gasteiger partial charge in [0.05, 0.1) is 12.1 Å². The molecule has 1 atom stereocenters. The number of rotatable bonds is 4. The molecule has 1 N–H and O–H groups in total. The minimum absolute atomic E-state index is 0.0130. The molecule has 0 bridgehead atoms. The summed E-state index contributed by atoms with van der Waals surface area (Å²) in [7, 11) is 0. The van der Waals surface area contributed by atoms with E-state index < -0.39 is 0 Å². The van der Waals surface area contributed by atoms with Gasteiger partial charge in [0.15, 0.2) is 0 Å². The van der Waals surface area contributed by atoms with E-state index in [1.54, 1.807) is 17.9 Å². The van der Waals surface area contributed by atoms with Gasteiger partial charge in [-0.25, -0.2) is 0 Å². The Morgan fingerprint density at radius 2 is 2.04 bits per heavy atom. The third-order valence-corrected chi connectivity index (χ3v) is 4.84. The summed E-state index contributed by atoms with van der Waals surface area (Å²) in [5.41, 5.74) is 0.630. The lowest BCUT2D eigenvalue weighted by atomic mass is 9.95. The summed E-state index contributed by atoms with van der Waals surface area (Å²) in [6, 6.07) is 1.73. The molecule has 0 radical (unpaired) electrons. The molecule has 2 aliphatic rings. The molecule has 6 heteroatoms. The lowest BCUT2D eigenvalue weighted by molar-refractivity contribution is -0.138. The number of likely N-dealkylation sites (tertiary alicyclic amines) is 1. The van der Waals surface area contributed by atoms with Gasteiger partial charge < -0.3 is 14.7 Å². The van der Waals surface area contributed by atoms with E-state index in [1.807, 2.05) is 0 Å². The summed E-state index contributed by atoms with van der Waals surface area (Å²) in [4.78, 5) is 26.8. The fourth-order valence-corrected chi connectivity index (χ4v) is 3.64. The zero-order chi connectivity index (χ0) is 16.2. The molecule has 1 aliphatic carbocycles. The van der Waals surface area contributed by atoms with Crippen molar-refractivity contribution in [1.82, 2.24) is 15.4 Å². The number of amides is 2. The van der Waals surface area contributed by atoms with E-state index in [2.05, 4.69) is 10.5 Å². The number of carbonyl (C=O) groups excluding carboxylic acids is 2. The Labute approximate surface area is 136 Å². The molecule has 0 aromatic carbocycles. The molecule has 3 rings (SSSR count). The first-order chi connectivity index (χ1) is 11.1. The largest absolute Gasteiger partial charge is 0.361 e. The van der Waals surface area contributed by atoms with Gasteiger partial charge in [0, 0.05) is 18.7 Å². The molecule has 1 aromatic heterocycles. The Bertz CT molecular complexity index is 563. The molecule has 2 heterocycles. The second kappa shape index (κ2) is 7.15. The van der Waals surface area contributed by atoms with Crippen LogP contribution in [0.3, 0.4) is 0 Å². The van der Waals surface area contributed by atoms with E-state index >= 15 is 0 Å². The predicted octanol–water partition coefficient (Wildman–Crippen LogP) is 1.97. The third kappa shape index (κ3) is 3.92. The number of aryl methyl sites for hydroxylation is 1. The van der Waals surface area contributed by atoms with Crippen molar-refractivity contribution in [3.05, 3.63) is 17.5 Å². The topological polar surface area (TPSA) is 75.4 Å². The Hall–Kier alpha value is -1.85. The minimum Gasteiger partial charge on any atom is -0.361 e. The Morgan fingerprint density at radius 3 is 2.74 bits per heavy atom. The van der Waals surface area contributed by atoms with Crippen LogP contribution < -0.4 is 5.32 Å². The molecular weight excluding hydrogens is 294 g/mol. The van der Waals surface area contributed by atoms with Crippen molar-refractivity contribution >= 4 is 11.8 Å². The number of hydrogen-bond donors (Lipinski definition) is 1. The van der Waals surface area contributed by atoms with Crippen LogP contribution in [0.15, 0.2) is 10.6 Å². The Morgan fingerprint density at radius 1 is 1.26 bits per heavy atom. The van der Waals surface area contributed by atoms with Gasteiger partial charge in [0.1, 0.15) is 11.8 Å². The van der Waals surface area contributed by atoms with Gasteiger partial charge in [0.2, 0.25) is 11.8 Å². The van der Waals surface area contributed by atoms with Crippen LogP contribution in [0.5, 0.6) is 0 Å². The highest BCUT2D eigenvalue weighted by atomic mass is 16.5. The maximum atomic E-state index is 12.5. The average molecular weight is 319 g/mol. The van der Waals surface area contributed by atoms with Crippen LogP contribution in [0.2, 0.25) is 0 Å². The van der Waals surface area contributed by atoms with Crippen molar-refractivity contribution in [1.29, 1.82) is 0 Å². The zero-order valence-corrected chi connectivity index (χ0v) is 13.7. The molecule has 23 heavy (non-hydrogen) atoms. The second-order valence-electron chi connectivity index (χ2n) is 6.69. The summed E-state index contributed by atoms with van der Waals surface area (Å²) in [6.07, 6.45) is 7.58. The molecular formula is C17H25N3O3. The van der Waals surface area contributed by atoms with Crippen LogP contribution in [0, 0.1) is 6.92 Å². The molecule has 2 amide bonds. The van der Waals surface area contributed by atoms with Crippen LogP contribution >= 0.6 is 0 Å². The summed E-state index contributed by atoms with van der Waals surface area (Å²) in [5, 5.41) is 7.01. The van der Waals surface area contributed by atoms with Crippen molar-refractivity contribution in [2.45, 2.75) is 70.4 Å². The predicted molar refractivity (Wildman–Crippen MR) is 84.7 cm³/mol. The Kier molecular flexibility index (Phi) is 4.98. The van der Waals surface area contributed by atoms with Crippen molar-refractivity contribution in [2.75, 3.05) is 6.54 Å². The van der Waals surface area contributed by atoms with E-state index in [4.69, 9.17) is 4.52 Å². The lowest BCUT2D eigenvalue weighted by Gasteiger charge is -2.28. The average Bonchev–Trinajstić information content (AvgIpc) is 3.17. The van der Waals surface area contributed by atoms with Gasteiger partial charge in [-0.2, -0.15) is 0 Å². The molecule has 1 saturated carbocycles. The number of carbonyl (C=O) groups is 2. The van der Waals surface area contributed by atoms with E-state index in [-0.39, 0.29) is 30.3 Å². The maximum absolute atomic E-state index is 12.5. The molecule has 0 spiro atoms. The summed E-state index contributed by atoms with van der Waals surface area (Å²) in [6.45, 7) is 2.45. The fourth-order valence-electron chi connectivity index (χ4n) is 3.64. The standard InChI is InChI=1S/C17H25N3O3/c1-12-10-14(19-23-12)11-16(21)20-9-5-8-15(20)17(22)18-13-6-3-2-4-7-13/h10,13,15H,2-9,11H2,1H3,(H,18,22). The van der Waals surface area contributed by atoms with E-state index in [9.17, 15) is 9.59 Å². The lowest BCUT2D eigenvalue weighted by Crippen LogP contribution is -2.49. The van der Waals surface area contributed by atoms with Gasteiger partial charge in [-0.15, -0.1) is 0 Å². The first kappa shape index (κ1) is 16.0. The molecule has 1 aromatic rings. The molecule has 1 aliphatic heterocycles. The number of hydrogen-bond acceptors (Lipinski definition) is 4. The second-order valence-corrected chi connectivity index (χ2v) is 6.69. The quantitative estimate of drug-likeness (QED) is 0.920. The fraction of sp³-hybridized carbons (Fsp3) is 0.706. The van der Waals surface area contributed by atoms with Crippen LogP contribution in [0.4, 0.5) is 0 Å².